The zero-order valence-corrected chi connectivity index (χ0v) is 7.70. The third-order valence-corrected chi connectivity index (χ3v) is 2.59. The van der Waals surface area contributed by atoms with E-state index in [1.807, 2.05) is 0 Å². The highest BCUT2D eigenvalue weighted by Gasteiger charge is 2.24. The fraction of sp³-hybridized carbons (Fsp3) is 0.400. The molecule has 14 heavy (non-hydrogen) atoms. The monoisotopic (exact) mass is 201 g/mol. The standard InChI is InChI=1S/C10H10F3N/c1-5-7-4-8(11)10(13)9(12)6(7)2-3-14-5/h4-5,14H,2-3H2,1H3. The summed E-state index contributed by atoms with van der Waals surface area (Å²) in [6, 6.07) is 0.952. The molecule has 1 N–H and O–H groups in total. The second kappa shape index (κ2) is 3.28. The van der Waals surface area contributed by atoms with Crippen molar-refractivity contribution in [2.24, 2.45) is 0 Å². The molecule has 0 radical (unpaired) electrons. The highest BCUT2D eigenvalue weighted by atomic mass is 19.2. The molecule has 4 heteroatoms. The number of halogens is 3. The lowest BCUT2D eigenvalue weighted by Crippen LogP contribution is -2.29. The summed E-state index contributed by atoms with van der Waals surface area (Å²) in [5, 5.41) is 3.06. The number of fused-ring (bicyclic) bond motifs is 1. The van der Waals surface area contributed by atoms with Crippen LogP contribution < -0.4 is 5.32 Å². The molecule has 0 bridgehead atoms. The van der Waals surface area contributed by atoms with Gasteiger partial charge < -0.3 is 5.32 Å². The topological polar surface area (TPSA) is 12.0 Å². The van der Waals surface area contributed by atoms with Crippen molar-refractivity contribution in [3.8, 4) is 0 Å². The summed E-state index contributed by atoms with van der Waals surface area (Å²) in [6.07, 6.45) is 0.405. The zero-order chi connectivity index (χ0) is 10.3. The minimum absolute atomic E-state index is 0.122. The van der Waals surface area contributed by atoms with Crippen molar-refractivity contribution < 1.29 is 13.2 Å². The van der Waals surface area contributed by atoms with Gasteiger partial charge in [0.05, 0.1) is 0 Å². The molecule has 1 unspecified atom stereocenters. The summed E-state index contributed by atoms with van der Waals surface area (Å²) in [4.78, 5) is 0. The second-order valence-corrected chi connectivity index (χ2v) is 3.48. The molecule has 0 fully saturated rings. The normalized spacial score (nSPS) is 20.7. The van der Waals surface area contributed by atoms with Crippen LogP contribution in [-0.4, -0.2) is 6.54 Å². The summed E-state index contributed by atoms with van der Waals surface area (Å²) in [6.45, 7) is 2.39. The first-order valence-electron chi connectivity index (χ1n) is 4.51. The van der Waals surface area contributed by atoms with Crippen LogP contribution in [0.4, 0.5) is 13.2 Å². The van der Waals surface area contributed by atoms with E-state index in [2.05, 4.69) is 5.32 Å². The van der Waals surface area contributed by atoms with E-state index in [9.17, 15) is 13.2 Å². The lowest BCUT2D eigenvalue weighted by molar-refractivity contribution is 0.423. The van der Waals surface area contributed by atoms with Gasteiger partial charge in [0, 0.05) is 6.04 Å². The molecule has 0 spiro atoms. The van der Waals surface area contributed by atoms with E-state index in [0.717, 1.165) is 6.07 Å². The molecule has 1 aromatic rings. The number of hydrogen-bond donors (Lipinski definition) is 1. The number of benzene rings is 1. The number of rotatable bonds is 0. The largest absolute Gasteiger partial charge is 0.310 e. The van der Waals surface area contributed by atoms with Crippen molar-refractivity contribution in [3.63, 3.8) is 0 Å². The molecule has 1 aromatic carbocycles. The first-order valence-corrected chi connectivity index (χ1v) is 4.51. The molecular formula is C10H10F3N. The fourth-order valence-corrected chi connectivity index (χ4v) is 1.82. The molecule has 1 heterocycles. The van der Waals surface area contributed by atoms with E-state index < -0.39 is 17.5 Å². The van der Waals surface area contributed by atoms with Gasteiger partial charge in [-0.05, 0) is 37.1 Å². The van der Waals surface area contributed by atoms with Crippen molar-refractivity contribution in [2.75, 3.05) is 6.54 Å². The number of hydrogen-bond acceptors (Lipinski definition) is 1. The summed E-state index contributed by atoms with van der Waals surface area (Å²) in [5.41, 5.74) is 0.822. The third-order valence-electron chi connectivity index (χ3n) is 2.59. The Kier molecular flexibility index (Phi) is 2.23. The highest BCUT2D eigenvalue weighted by molar-refractivity contribution is 5.34. The van der Waals surface area contributed by atoms with Crippen molar-refractivity contribution in [1.29, 1.82) is 0 Å². The van der Waals surface area contributed by atoms with Crippen molar-refractivity contribution in [1.82, 2.24) is 5.32 Å². The van der Waals surface area contributed by atoms with Crippen LogP contribution in [0.5, 0.6) is 0 Å². The Labute approximate surface area is 79.9 Å². The Bertz CT molecular complexity index is 376. The van der Waals surface area contributed by atoms with Crippen molar-refractivity contribution >= 4 is 0 Å². The van der Waals surface area contributed by atoms with Crippen LogP contribution in [0.15, 0.2) is 6.07 Å². The minimum Gasteiger partial charge on any atom is -0.310 e. The van der Waals surface area contributed by atoms with E-state index in [1.54, 1.807) is 6.92 Å². The third kappa shape index (κ3) is 1.30. The predicted molar refractivity (Wildman–Crippen MR) is 46.4 cm³/mol. The predicted octanol–water partition coefficient (Wildman–Crippen LogP) is 2.31. The maximum Gasteiger partial charge on any atom is 0.194 e. The smallest absolute Gasteiger partial charge is 0.194 e. The van der Waals surface area contributed by atoms with Crippen LogP contribution in [0, 0.1) is 17.5 Å². The average molecular weight is 201 g/mol. The molecule has 0 amide bonds. The molecule has 0 aliphatic carbocycles. The van der Waals surface area contributed by atoms with Crippen LogP contribution in [0.1, 0.15) is 24.1 Å². The van der Waals surface area contributed by atoms with Gasteiger partial charge in [-0.1, -0.05) is 0 Å². The van der Waals surface area contributed by atoms with Crippen LogP contribution in [0.3, 0.4) is 0 Å². The van der Waals surface area contributed by atoms with Gasteiger partial charge in [0.1, 0.15) is 0 Å². The molecule has 1 aliphatic heterocycles. The summed E-state index contributed by atoms with van der Waals surface area (Å²) < 4.78 is 39.0. The molecule has 1 aliphatic rings. The van der Waals surface area contributed by atoms with Crippen molar-refractivity contribution in [2.45, 2.75) is 19.4 Å². The van der Waals surface area contributed by atoms with E-state index in [-0.39, 0.29) is 6.04 Å². The van der Waals surface area contributed by atoms with Gasteiger partial charge in [-0.15, -0.1) is 0 Å². The minimum atomic E-state index is -1.36. The first kappa shape index (κ1) is 9.52. The maximum atomic E-state index is 13.3. The van der Waals surface area contributed by atoms with E-state index in [4.69, 9.17) is 0 Å². The summed E-state index contributed by atoms with van der Waals surface area (Å²) in [7, 11) is 0. The van der Waals surface area contributed by atoms with Gasteiger partial charge in [-0.3, -0.25) is 0 Å². The second-order valence-electron chi connectivity index (χ2n) is 3.48. The van der Waals surface area contributed by atoms with Gasteiger partial charge in [0.2, 0.25) is 0 Å². The summed E-state index contributed by atoms with van der Waals surface area (Å²) >= 11 is 0. The Balaban J connectivity index is 2.63. The first-order chi connectivity index (χ1) is 6.61. The van der Waals surface area contributed by atoms with Crippen molar-refractivity contribution in [3.05, 3.63) is 34.6 Å². The molecule has 0 saturated carbocycles. The van der Waals surface area contributed by atoms with Crippen LogP contribution in [-0.2, 0) is 6.42 Å². The highest BCUT2D eigenvalue weighted by Crippen LogP contribution is 2.27. The molecule has 76 valence electrons. The molecular weight excluding hydrogens is 191 g/mol. The Morgan fingerprint density at radius 2 is 2.00 bits per heavy atom. The Hall–Kier alpha value is -1.03. The molecule has 1 nitrogen and oxygen atoms in total. The van der Waals surface area contributed by atoms with Gasteiger partial charge >= 0.3 is 0 Å². The van der Waals surface area contributed by atoms with E-state index in [0.29, 0.717) is 24.1 Å². The molecule has 0 saturated heterocycles. The van der Waals surface area contributed by atoms with Gasteiger partial charge in [-0.25, -0.2) is 13.2 Å². The van der Waals surface area contributed by atoms with Crippen LogP contribution >= 0.6 is 0 Å². The van der Waals surface area contributed by atoms with E-state index >= 15 is 0 Å². The van der Waals surface area contributed by atoms with Gasteiger partial charge in [0.25, 0.3) is 0 Å². The maximum absolute atomic E-state index is 13.3. The molecule has 0 aromatic heterocycles. The SMILES string of the molecule is CC1NCCc2c1cc(F)c(F)c2F. The molecule has 2 rings (SSSR count). The summed E-state index contributed by atoms with van der Waals surface area (Å²) in [5.74, 6) is -3.51. The fourth-order valence-electron chi connectivity index (χ4n) is 1.82. The molecule has 1 atom stereocenters. The lowest BCUT2D eigenvalue weighted by Gasteiger charge is -2.24. The van der Waals surface area contributed by atoms with Gasteiger partial charge in [-0.2, -0.15) is 0 Å². The van der Waals surface area contributed by atoms with Crippen LogP contribution in [0.2, 0.25) is 0 Å². The van der Waals surface area contributed by atoms with Crippen LogP contribution in [0.25, 0.3) is 0 Å². The number of nitrogens with one attached hydrogen (secondary N) is 1. The Morgan fingerprint density at radius 1 is 1.29 bits per heavy atom. The Morgan fingerprint density at radius 3 is 2.71 bits per heavy atom. The van der Waals surface area contributed by atoms with Gasteiger partial charge in [0.15, 0.2) is 17.5 Å². The lowest BCUT2D eigenvalue weighted by atomic mass is 9.94. The quantitative estimate of drug-likeness (QED) is 0.635. The average Bonchev–Trinajstić information content (AvgIpc) is 2.17. The van der Waals surface area contributed by atoms with E-state index in [1.165, 1.54) is 0 Å². The zero-order valence-electron chi connectivity index (χ0n) is 7.70.